The molecule has 0 unspecified atom stereocenters. The summed E-state index contributed by atoms with van der Waals surface area (Å²) in [5.41, 5.74) is 4.52. The Kier molecular flexibility index (Phi) is 4.22. The molecule has 1 aromatic carbocycles. The van der Waals surface area contributed by atoms with Gasteiger partial charge in [0.2, 0.25) is 5.91 Å². The highest BCUT2D eigenvalue weighted by atomic mass is 16.2. The van der Waals surface area contributed by atoms with Crippen molar-refractivity contribution in [2.45, 2.75) is 20.3 Å². The first-order valence-corrected chi connectivity index (χ1v) is 5.01. The van der Waals surface area contributed by atoms with E-state index < -0.39 is 0 Å². The van der Waals surface area contributed by atoms with E-state index in [1.807, 2.05) is 6.07 Å². The molecule has 0 atom stereocenters. The Morgan fingerprint density at radius 2 is 2.31 bits per heavy atom. The number of rotatable bonds is 3. The minimum atomic E-state index is -0.129. The smallest absolute Gasteiger partial charge is 0.239 e. The Hall–Kier alpha value is -2.15. The van der Waals surface area contributed by atoms with Crippen LogP contribution in [0.2, 0.25) is 0 Å². The molecule has 0 fully saturated rings. The van der Waals surface area contributed by atoms with Gasteiger partial charge in [0.15, 0.2) is 0 Å². The molecular formula is C12H13N3O. The van der Waals surface area contributed by atoms with Gasteiger partial charge < -0.3 is 0 Å². The van der Waals surface area contributed by atoms with E-state index in [9.17, 15) is 4.79 Å². The summed E-state index contributed by atoms with van der Waals surface area (Å²) in [5.74, 6) is -0.129. The fourth-order valence-corrected chi connectivity index (χ4v) is 1.10. The molecule has 4 nitrogen and oxygen atoms in total. The van der Waals surface area contributed by atoms with Crippen LogP contribution in [0.1, 0.15) is 31.4 Å². The number of hydrogen-bond acceptors (Lipinski definition) is 3. The fourth-order valence-electron chi connectivity index (χ4n) is 1.10. The van der Waals surface area contributed by atoms with E-state index in [4.69, 9.17) is 5.26 Å². The molecule has 0 radical (unpaired) electrons. The van der Waals surface area contributed by atoms with E-state index in [0.717, 1.165) is 5.56 Å². The van der Waals surface area contributed by atoms with Crippen molar-refractivity contribution in [3.05, 3.63) is 35.4 Å². The monoisotopic (exact) mass is 215 g/mol. The first-order valence-electron chi connectivity index (χ1n) is 5.01. The number of nitrogens with one attached hydrogen (secondary N) is 1. The summed E-state index contributed by atoms with van der Waals surface area (Å²) in [4.78, 5) is 11.0. The van der Waals surface area contributed by atoms with Gasteiger partial charge in [-0.25, -0.2) is 5.43 Å². The maximum Gasteiger partial charge on any atom is 0.239 e. The number of amides is 1. The molecule has 0 saturated carbocycles. The number of hydrogen-bond donors (Lipinski definition) is 1. The largest absolute Gasteiger partial charge is 0.273 e. The minimum absolute atomic E-state index is 0.129. The lowest BCUT2D eigenvalue weighted by Gasteiger charge is -2.01. The Balaban J connectivity index is 2.84. The van der Waals surface area contributed by atoms with Crippen molar-refractivity contribution >= 4 is 11.6 Å². The summed E-state index contributed by atoms with van der Waals surface area (Å²) < 4.78 is 0. The summed E-state index contributed by atoms with van der Waals surface area (Å²) in [6.45, 7) is 3.54. The second-order valence-electron chi connectivity index (χ2n) is 3.28. The lowest BCUT2D eigenvalue weighted by molar-refractivity contribution is -0.120. The van der Waals surface area contributed by atoms with Gasteiger partial charge in [-0.1, -0.05) is 19.1 Å². The van der Waals surface area contributed by atoms with Crippen molar-refractivity contribution < 1.29 is 4.79 Å². The first-order chi connectivity index (χ1) is 7.67. The second kappa shape index (κ2) is 5.66. The minimum Gasteiger partial charge on any atom is -0.273 e. The number of nitrogens with zero attached hydrogens (tertiary/aromatic N) is 2. The molecule has 0 saturated heterocycles. The molecule has 0 spiro atoms. The molecule has 0 aliphatic heterocycles. The second-order valence-corrected chi connectivity index (χ2v) is 3.28. The molecule has 82 valence electrons. The number of carbonyl (C=O) groups is 1. The Morgan fingerprint density at radius 1 is 1.56 bits per heavy atom. The maximum atomic E-state index is 11.0. The van der Waals surface area contributed by atoms with E-state index in [0.29, 0.717) is 17.7 Å². The molecule has 1 rings (SSSR count). The van der Waals surface area contributed by atoms with E-state index in [1.165, 1.54) is 0 Å². The fraction of sp³-hybridized carbons (Fsp3) is 0.250. The Bertz CT molecular complexity index is 458. The van der Waals surface area contributed by atoms with Crippen LogP contribution in [0.3, 0.4) is 0 Å². The van der Waals surface area contributed by atoms with Crippen LogP contribution >= 0.6 is 0 Å². The quantitative estimate of drug-likeness (QED) is 0.617. The van der Waals surface area contributed by atoms with Crippen LogP contribution in [0, 0.1) is 11.3 Å². The van der Waals surface area contributed by atoms with Crippen LogP contribution in [0.4, 0.5) is 0 Å². The zero-order chi connectivity index (χ0) is 12.0. The Morgan fingerprint density at radius 3 is 2.94 bits per heavy atom. The molecule has 4 heteroatoms. The van der Waals surface area contributed by atoms with E-state index in [2.05, 4.69) is 16.6 Å². The average Bonchev–Trinajstić information content (AvgIpc) is 2.35. The molecule has 0 aliphatic carbocycles. The van der Waals surface area contributed by atoms with Gasteiger partial charge in [-0.15, -0.1) is 0 Å². The summed E-state index contributed by atoms with van der Waals surface area (Å²) in [6.07, 6.45) is 0.398. The van der Waals surface area contributed by atoms with Gasteiger partial charge in [0.25, 0.3) is 0 Å². The standard InChI is InChI=1S/C12H13N3O/c1-3-12(16)15-14-9(2)11-6-4-5-10(7-11)8-13/h4-7H,3H2,1-2H3,(H,15,16)/b14-9+. The third-order valence-corrected chi connectivity index (χ3v) is 2.08. The number of benzene rings is 1. The molecule has 0 aromatic heterocycles. The van der Waals surface area contributed by atoms with Gasteiger partial charge in [-0.2, -0.15) is 10.4 Å². The summed E-state index contributed by atoms with van der Waals surface area (Å²) >= 11 is 0. The highest BCUT2D eigenvalue weighted by molar-refractivity contribution is 5.99. The van der Waals surface area contributed by atoms with Crippen molar-refractivity contribution in [2.24, 2.45) is 5.10 Å². The van der Waals surface area contributed by atoms with Crippen molar-refractivity contribution in [2.75, 3.05) is 0 Å². The normalized spacial score (nSPS) is 10.7. The van der Waals surface area contributed by atoms with Crippen molar-refractivity contribution in [1.82, 2.24) is 5.43 Å². The Labute approximate surface area is 94.6 Å². The molecule has 1 amide bonds. The highest BCUT2D eigenvalue weighted by Gasteiger charge is 2.00. The molecule has 0 bridgehead atoms. The summed E-state index contributed by atoms with van der Waals surface area (Å²) in [6, 6.07) is 9.14. The van der Waals surface area contributed by atoms with Gasteiger partial charge in [0, 0.05) is 6.42 Å². The topological polar surface area (TPSA) is 65.2 Å². The SMILES string of the molecule is CCC(=O)N/N=C(\C)c1cccc(C#N)c1. The van der Waals surface area contributed by atoms with Crippen molar-refractivity contribution in [1.29, 1.82) is 5.26 Å². The van der Waals surface area contributed by atoms with E-state index >= 15 is 0 Å². The molecule has 16 heavy (non-hydrogen) atoms. The molecule has 0 heterocycles. The van der Waals surface area contributed by atoms with Crippen LogP contribution in [-0.4, -0.2) is 11.6 Å². The van der Waals surface area contributed by atoms with Gasteiger partial charge >= 0.3 is 0 Å². The van der Waals surface area contributed by atoms with Crippen LogP contribution in [-0.2, 0) is 4.79 Å². The van der Waals surface area contributed by atoms with Gasteiger partial charge in [0.1, 0.15) is 0 Å². The van der Waals surface area contributed by atoms with Gasteiger partial charge in [-0.05, 0) is 24.6 Å². The predicted molar refractivity (Wildman–Crippen MR) is 61.8 cm³/mol. The van der Waals surface area contributed by atoms with Crippen molar-refractivity contribution in [3.8, 4) is 6.07 Å². The molecule has 1 N–H and O–H groups in total. The number of carbonyl (C=O) groups excluding carboxylic acids is 1. The lowest BCUT2D eigenvalue weighted by atomic mass is 10.1. The highest BCUT2D eigenvalue weighted by Crippen LogP contribution is 2.05. The third kappa shape index (κ3) is 3.21. The van der Waals surface area contributed by atoms with E-state index in [-0.39, 0.29) is 5.91 Å². The van der Waals surface area contributed by atoms with Crippen LogP contribution in [0.25, 0.3) is 0 Å². The average molecular weight is 215 g/mol. The van der Waals surface area contributed by atoms with E-state index in [1.54, 1.807) is 32.0 Å². The first kappa shape index (κ1) is 11.9. The molecule has 1 aromatic rings. The molecular weight excluding hydrogens is 202 g/mol. The maximum absolute atomic E-state index is 11.0. The number of hydrazone groups is 1. The summed E-state index contributed by atoms with van der Waals surface area (Å²) in [5, 5.41) is 12.7. The van der Waals surface area contributed by atoms with Crippen LogP contribution in [0.15, 0.2) is 29.4 Å². The molecule has 0 aliphatic rings. The zero-order valence-corrected chi connectivity index (χ0v) is 9.32. The van der Waals surface area contributed by atoms with Crippen LogP contribution in [0.5, 0.6) is 0 Å². The van der Waals surface area contributed by atoms with Gasteiger partial charge in [0.05, 0.1) is 17.3 Å². The van der Waals surface area contributed by atoms with Crippen molar-refractivity contribution in [3.63, 3.8) is 0 Å². The third-order valence-electron chi connectivity index (χ3n) is 2.08. The summed E-state index contributed by atoms with van der Waals surface area (Å²) in [7, 11) is 0. The number of nitriles is 1. The van der Waals surface area contributed by atoms with Gasteiger partial charge in [-0.3, -0.25) is 4.79 Å². The van der Waals surface area contributed by atoms with Crippen LogP contribution < -0.4 is 5.43 Å². The lowest BCUT2D eigenvalue weighted by Crippen LogP contribution is -2.17. The zero-order valence-electron chi connectivity index (χ0n) is 9.32. The predicted octanol–water partition coefficient (Wildman–Crippen LogP) is 1.81.